The predicted octanol–water partition coefficient (Wildman–Crippen LogP) is 0.642. The number of carbonyl (C=O) groups excluding carboxylic acids is 2. The zero-order valence-electron chi connectivity index (χ0n) is 11.4. The highest BCUT2D eigenvalue weighted by Gasteiger charge is 2.26. The zero-order chi connectivity index (χ0) is 13.4. The third-order valence-electron chi connectivity index (χ3n) is 3.00. The Balaban J connectivity index is 4.43. The lowest BCUT2D eigenvalue weighted by Crippen LogP contribution is -2.46. The van der Waals surface area contributed by atoms with Crippen LogP contribution in [0.4, 0.5) is 0 Å². The summed E-state index contributed by atoms with van der Waals surface area (Å²) in [6.07, 6.45) is 0. The van der Waals surface area contributed by atoms with Gasteiger partial charge in [0.2, 0.25) is 5.91 Å². The second kappa shape index (κ2) is 8.06. The van der Waals surface area contributed by atoms with Crippen molar-refractivity contribution in [1.29, 1.82) is 0 Å². The van der Waals surface area contributed by atoms with Crippen molar-refractivity contribution in [2.45, 2.75) is 33.7 Å². The van der Waals surface area contributed by atoms with Crippen molar-refractivity contribution in [1.82, 2.24) is 10.2 Å². The molecule has 0 aromatic rings. The molecule has 0 aromatic heterocycles. The summed E-state index contributed by atoms with van der Waals surface area (Å²) in [6.45, 7) is 9.26. The molecule has 0 aromatic carbocycles. The van der Waals surface area contributed by atoms with Crippen molar-refractivity contribution < 1.29 is 14.3 Å². The number of ether oxygens (including phenoxy) is 1. The van der Waals surface area contributed by atoms with Gasteiger partial charge in [-0.05, 0) is 20.4 Å². The number of carbonyl (C=O) groups is 2. The Bertz CT molecular complexity index is 256. The second-order valence-electron chi connectivity index (χ2n) is 4.07. The number of methoxy groups -OCH3 is 1. The van der Waals surface area contributed by atoms with Gasteiger partial charge in [0.15, 0.2) is 0 Å². The molecular formula is C12H24N2O3. The maximum atomic E-state index is 11.5. The van der Waals surface area contributed by atoms with Gasteiger partial charge in [-0.1, -0.05) is 13.8 Å². The van der Waals surface area contributed by atoms with Crippen LogP contribution in [0.2, 0.25) is 0 Å². The number of esters is 1. The molecule has 100 valence electrons. The van der Waals surface area contributed by atoms with Crippen LogP contribution in [0, 0.1) is 5.92 Å². The fourth-order valence-corrected chi connectivity index (χ4v) is 1.68. The molecule has 0 saturated carbocycles. The quantitative estimate of drug-likeness (QED) is 0.668. The van der Waals surface area contributed by atoms with Crippen LogP contribution in [0.15, 0.2) is 0 Å². The molecule has 2 atom stereocenters. The highest BCUT2D eigenvalue weighted by atomic mass is 16.5. The van der Waals surface area contributed by atoms with Crippen molar-refractivity contribution in [3.05, 3.63) is 0 Å². The summed E-state index contributed by atoms with van der Waals surface area (Å²) in [7, 11) is 1.38. The van der Waals surface area contributed by atoms with Crippen LogP contribution in [-0.2, 0) is 14.3 Å². The molecule has 0 aliphatic heterocycles. The van der Waals surface area contributed by atoms with E-state index >= 15 is 0 Å². The average Bonchev–Trinajstić information content (AvgIpc) is 2.33. The first-order chi connectivity index (χ1) is 7.97. The third-order valence-corrected chi connectivity index (χ3v) is 3.00. The summed E-state index contributed by atoms with van der Waals surface area (Å²) >= 11 is 0. The molecular weight excluding hydrogens is 220 g/mol. The van der Waals surface area contributed by atoms with E-state index in [0.29, 0.717) is 13.1 Å². The van der Waals surface area contributed by atoms with Crippen LogP contribution in [0.1, 0.15) is 27.7 Å². The molecule has 2 unspecified atom stereocenters. The Morgan fingerprint density at radius 1 is 1.29 bits per heavy atom. The monoisotopic (exact) mass is 244 g/mol. The van der Waals surface area contributed by atoms with Gasteiger partial charge in [-0.25, -0.2) is 0 Å². The minimum absolute atomic E-state index is 0.0155. The van der Waals surface area contributed by atoms with Gasteiger partial charge in [-0.3, -0.25) is 14.5 Å². The normalized spacial score (nSPS) is 14.2. The van der Waals surface area contributed by atoms with E-state index in [1.807, 2.05) is 32.6 Å². The van der Waals surface area contributed by atoms with Crippen molar-refractivity contribution in [2.75, 3.05) is 26.7 Å². The SMILES string of the molecule is CCNC(=O)CN(CC)C(C)C(C)C(=O)OC. The van der Waals surface area contributed by atoms with Crippen LogP contribution >= 0.6 is 0 Å². The average molecular weight is 244 g/mol. The van der Waals surface area contributed by atoms with Gasteiger partial charge in [0.1, 0.15) is 0 Å². The Hall–Kier alpha value is -1.10. The summed E-state index contributed by atoms with van der Waals surface area (Å²) in [4.78, 5) is 24.9. The standard InChI is InChI=1S/C12H24N2O3/c1-6-13-11(15)8-14(7-2)10(4)9(3)12(16)17-5/h9-10H,6-8H2,1-5H3,(H,13,15). The van der Waals surface area contributed by atoms with Crippen molar-refractivity contribution >= 4 is 11.9 Å². The number of hydrogen-bond donors (Lipinski definition) is 1. The summed E-state index contributed by atoms with van der Waals surface area (Å²) in [6, 6.07) is -0.0185. The highest BCUT2D eigenvalue weighted by molar-refractivity contribution is 5.78. The van der Waals surface area contributed by atoms with Gasteiger partial charge in [-0.2, -0.15) is 0 Å². The number of likely N-dealkylation sites (N-methyl/N-ethyl adjacent to an activating group) is 2. The Labute approximate surface area is 103 Å². The lowest BCUT2D eigenvalue weighted by atomic mass is 10.0. The number of hydrogen-bond acceptors (Lipinski definition) is 4. The molecule has 0 fully saturated rings. The molecule has 0 aliphatic rings. The number of nitrogens with zero attached hydrogens (tertiary/aromatic N) is 1. The molecule has 0 rings (SSSR count). The Morgan fingerprint density at radius 2 is 1.88 bits per heavy atom. The lowest BCUT2D eigenvalue weighted by Gasteiger charge is -2.30. The predicted molar refractivity (Wildman–Crippen MR) is 66.6 cm³/mol. The largest absolute Gasteiger partial charge is 0.469 e. The summed E-state index contributed by atoms with van der Waals surface area (Å²) in [5.41, 5.74) is 0. The molecule has 0 heterocycles. The van der Waals surface area contributed by atoms with E-state index in [0.717, 1.165) is 6.54 Å². The van der Waals surface area contributed by atoms with E-state index < -0.39 is 0 Å². The third kappa shape index (κ3) is 5.17. The molecule has 0 bridgehead atoms. The van der Waals surface area contributed by atoms with Gasteiger partial charge in [0, 0.05) is 12.6 Å². The van der Waals surface area contributed by atoms with Gasteiger partial charge >= 0.3 is 5.97 Å². The first kappa shape index (κ1) is 15.9. The number of amides is 1. The Kier molecular flexibility index (Phi) is 7.54. The molecule has 0 radical (unpaired) electrons. The molecule has 1 amide bonds. The summed E-state index contributed by atoms with van der Waals surface area (Å²) in [5.74, 6) is -0.500. The lowest BCUT2D eigenvalue weighted by molar-refractivity contribution is -0.147. The van der Waals surface area contributed by atoms with E-state index in [-0.39, 0.29) is 23.8 Å². The van der Waals surface area contributed by atoms with Gasteiger partial charge < -0.3 is 10.1 Å². The van der Waals surface area contributed by atoms with Crippen molar-refractivity contribution in [3.63, 3.8) is 0 Å². The summed E-state index contributed by atoms with van der Waals surface area (Å²) < 4.78 is 4.71. The molecule has 5 heteroatoms. The fourth-order valence-electron chi connectivity index (χ4n) is 1.68. The van der Waals surface area contributed by atoms with Crippen LogP contribution < -0.4 is 5.32 Å². The van der Waals surface area contributed by atoms with Crippen molar-refractivity contribution in [2.24, 2.45) is 5.92 Å². The minimum Gasteiger partial charge on any atom is -0.469 e. The first-order valence-corrected chi connectivity index (χ1v) is 6.06. The zero-order valence-corrected chi connectivity index (χ0v) is 11.4. The minimum atomic E-state index is -0.244. The molecule has 0 saturated heterocycles. The highest BCUT2D eigenvalue weighted by Crippen LogP contribution is 2.12. The van der Waals surface area contributed by atoms with Gasteiger partial charge in [-0.15, -0.1) is 0 Å². The Morgan fingerprint density at radius 3 is 2.29 bits per heavy atom. The number of rotatable bonds is 7. The van der Waals surface area contributed by atoms with Gasteiger partial charge in [0.05, 0.1) is 19.6 Å². The van der Waals surface area contributed by atoms with Crippen LogP contribution in [0.5, 0.6) is 0 Å². The van der Waals surface area contributed by atoms with E-state index in [1.54, 1.807) is 0 Å². The van der Waals surface area contributed by atoms with Crippen LogP contribution in [-0.4, -0.2) is 49.6 Å². The van der Waals surface area contributed by atoms with Crippen LogP contribution in [0.25, 0.3) is 0 Å². The molecule has 0 aliphatic carbocycles. The van der Waals surface area contributed by atoms with E-state index in [4.69, 9.17) is 4.74 Å². The fraction of sp³-hybridized carbons (Fsp3) is 0.833. The maximum Gasteiger partial charge on any atom is 0.309 e. The number of nitrogens with one attached hydrogen (secondary N) is 1. The topological polar surface area (TPSA) is 58.6 Å². The maximum absolute atomic E-state index is 11.5. The van der Waals surface area contributed by atoms with Crippen LogP contribution in [0.3, 0.4) is 0 Å². The van der Waals surface area contributed by atoms with E-state index in [2.05, 4.69) is 5.32 Å². The second-order valence-corrected chi connectivity index (χ2v) is 4.07. The van der Waals surface area contributed by atoms with E-state index in [1.165, 1.54) is 7.11 Å². The summed E-state index contributed by atoms with van der Waals surface area (Å²) in [5, 5.41) is 2.75. The van der Waals surface area contributed by atoms with E-state index in [9.17, 15) is 9.59 Å². The molecule has 5 nitrogen and oxygen atoms in total. The van der Waals surface area contributed by atoms with Crippen molar-refractivity contribution in [3.8, 4) is 0 Å². The molecule has 0 spiro atoms. The molecule has 1 N–H and O–H groups in total. The first-order valence-electron chi connectivity index (χ1n) is 6.06. The molecule has 17 heavy (non-hydrogen) atoms. The van der Waals surface area contributed by atoms with Gasteiger partial charge in [0.25, 0.3) is 0 Å². The smallest absolute Gasteiger partial charge is 0.309 e.